The molecule has 5 heteroatoms. The first-order chi connectivity index (χ1) is 7.65. The Kier molecular flexibility index (Phi) is 2.12. The minimum absolute atomic E-state index is 0.179. The summed E-state index contributed by atoms with van der Waals surface area (Å²) < 4.78 is 1.04. The second-order valence-electron chi connectivity index (χ2n) is 3.57. The Morgan fingerprint density at radius 1 is 1.50 bits per heavy atom. The molecule has 0 atom stereocenters. The summed E-state index contributed by atoms with van der Waals surface area (Å²) in [4.78, 5) is 16.0. The largest absolute Gasteiger partial charge is 0.476 e. The van der Waals surface area contributed by atoms with Gasteiger partial charge in [0.15, 0.2) is 0 Å². The van der Waals surface area contributed by atoms with Gasteiger partial charge in [-0.2, -0.15) is 0 Å². The fraction of sp³-hybridized carbons (Fsp3) is 0.0909. The maximum Gasteiger partial charge on any atom is 0.365 e. The fourth-order valence-corrected chi connectivity index (χ4v) is 3.23. The molecule has 1 N–H and O–H groups in total. The number of hydrogen-bond acceptors (Lipinski definition) is 3. The third kappa shape index (κ3) is 1.39. The number of aromatic nitrogens is 1. The van der Waals surface area contributed by atoms with Crippen molar-refractivity contribution < 1.29 is 9.90 Å². The molecule has 0 bridgehead atoms. The van der Waals surface area contributed by atoms with Gasteiger partial charge in [0.25, 0.3) is 0 Å². The van der Waals surface area contributed by atoms with Gasteiger partial charge >= 0.3 is 5.97 Å². The summed E-state index contributed by atoms with van der Waals surface area (Å²) in [6, 6.07) is 5.99. The van der Waals surface area contributed by atoms with E-state index in [4.69, 9.17) is 5.11 Å². The highest BCUT2D eigenvalue weighted by Gasteiger charge is 2.25. The topological polar surface area (TPSA) is 50.2 Å². The van der Waals surface area contributed by atoms with Crippen molar-refractivity contribution in [3.05, 3.63) is 38.1 Å². The first kappa shape index (κ1) is 9.99. The minimum atomic E-state index is -0.946. The van der Waals surface area contributed by atoms with Gasteiger partial charge in [-0.15, -0.1) is 11.3 Å². The molecule has 1 heterocycles. The van der Waals surface area contributed by atoms with Gasteiger partial charge < -0.3 is 5.11 Å². The van der Waals surface area contributed by atoms with E-state index in [1.165, 1.54) is 16.9 Å². The Hall–Kier alpha value is -1.20. The van der Waals surface area contributed by atoms with Crippen LogP contribution in [0.2, 0.25) is 0 Å². The Morgan fingerprint density at radius 3 is 3.06 bits per heavy atom. The van der Waals surface area contributed by atoms with Crippen LogP contribution in [0.3, 0.4) is 0 Å². The molecule has 1 aromatic heterocycles. The number of fused-ring (bicyclic) bond motifs is 3. The summed E-state index contributed by atoms with van der Waals surface area (Å²) in [5, 5.41) is 9.05. The van der Waals surface area contributed by atoms with E-state index >= 15 is 0 Å². The lowest BCUT2D eigenvalue weighted by Crippen LogP contribution is -1.94. The van der Waals surface area contributed by atoms with Gasteiger partial charge in [0, 0.05) is 21.3 Å². The summed E-state index contributed by atoms with van der Waals surface area (Å²) in [6.45, 7) is 0. The van der Waals surface area contributed by atoms with Crippen molar-refractivity contribution in [1.82, 2.24) is 4.98 Å². The molecule has 16 heavy (non-hydrogen) atoms. The van der Waals surface area contributed by atoms with Crippen LogP contribution in [0.1, 0.15) is 20.2 Å². The average molecular weight is 296 g/mol. The van der Waals surface area contributed by atoms with Gasteiger partial charge in [0.2, 0.25) is 5.01 Å². The first-order valence-electron chi connectivity index (χ1n) is 4.67. The van der Waals surface area contributed by atoms with Gasteiger partial charge in [-0.3, -0.25) is 0 Å². The van der Waals surface area contributed by atoms with Crippen LogP contribution >= 0.6 is 27.3 Å². The van der Waals surface area contributed by atoms with Crippen LogP contribution in [-0.4, -0.2) is 16.1 Å². The number of benzene rings is 1. The van der Waals surface area contributed by atoms with Crippen LogP contribution in [0.4, 0.5) is 0 Å². The highest BCUT2D eigenvalue weighted by atomic mass is 79.9. The Balaban J connectivity index is 2.16. The lowest BCUT2D eigenvalue weighted by atomic mass is 10.1. The first-order valence-corrected chi connectivity index (χ1v) is 6.28. The summed E-state index contributed by atoms with van der Waals surface area (Å²) in [5.74, 6) is -0.946. The molecule has 1 aromatic carbocycles. The van der Waals surface area contributed by atoms with Crippen molar-refractivity contribution >= 4 is 33.2 Å². The minimum Gasteiger partial charge on any atom is -0.476 e. The molecule has 80 valence electrons. The summed E-state index contributed by atoms with van der Waals surface area (Å²) in [6.07, 6.45) is 0.787. The maximum atomic E-state index is 10.8. The number of halogens is 1. The van der Waals surface area contributed by atoms with Crippen molar-refractivity contribution in [3.63, 3.8) is 0 Å². The second kappa shape index (κ2) is 3.40. The summed E-state index contributed by atoms with van der Waals surface area (Å²) in [7, 11) is 0. The third-order valence-electron chi connectivity index (χ3n) is 2.55. The predicted octanol–water partition coefficient (Wildman–Crippen LogP) is 3.18. The molecule has 2 aromatic rings. The number of aromatic carboxylic acids is 1. The molecule has 0 saturated carbocycles. The van der Waals surface area contributed by atoms with E-state index < -0.39 is 5.97 Å². The predicted molar refractivity (Wildman–Crippen MR) is 65.0 cm³/mol. The maximum absolute atomic E-state index is 10.8. The number of nitrogens with zero attached hydrogens (tertiary/aromatic N) is 1. The molecule has 1 aliphatic rings. The number of carboxylic acid groups (broad SMARTS) is 1. The van der Waals surface area contributed by atoms with E-state index in [1.807, 2.05) is 12.1 Å². The van der Waals surface area contributed by atoms with E-state index in [9.17, 15) is 4.79 Å². The molecule has 0 radical (unpaired) electrons. The molecule has 3 nitrogen and oxygen atoms in total. The van der Waals surface area contributed by atoms with Crippen molar-refractivity contribution in [2.75, 3.05) is 0 Å². The summed E-state index contributed by atoms with van der Waals surface area (Å²) in [5.41, 5.74) is 3.10. The SMILES string of the molecule is O=C(O)c1nc2c(s1)Cc1cc(Br)ccc1-2. The Labute approximate surface area is 104 Å². The van der Waals surface area contributed by atoms with E-state index in [1.54, 1.807) is 0 Å². The normalized spacial score (nSPS) is 12.3. The zero-order chi connectivity index (χ0) is 11.3. The third-order valence-corrected chi connectivity index (χ3v) is 4.09. The van der Waals surface area contributed by atoms with E-state index in [0.717, 1.165) is 27.0 Å². The number of hydrogen-bond donors (Lipinski definition) is 1. The van der Waals surface area contributed by atoms with Crippen molar-refractivity contribution in [2.45, 2.75) is 6.42 Å². The molecule has 1 aliphatic carbocycles. The van der Waals surface area contributed by atoms with Crippen molar-refractivity contribution in [3.8, 4) is 11.3 Å². The average Bonchev–Trinajstić information content (AvgIpc) is 2.73. The highest BCUT2D eigenvalue weighted by molar-refractivity contribution is 9.10. The molecular weight excluding hydrogens is 290 g/mol. The monoisotopic (exact) mass is 295 g/mol. The smallest absolute Gasteiger partial charge is 0.365 e. The fourth-order valence-electron chi connectivity index (χ4n) is 1.89. The van der Waals surface area contributed by atoms with Gasteiger partial charge in [-0.05, 0) is 17.7 Å². The molecule has 0 unspecified atom stereocenters. The number of carboxylic acids is 1. The van der Waals surface area contributed by atoms with E-state index in [2.05, 4.69) is 27.0 Å². The molecule has 0 saturated heterocycles. The van der Waals surface area contributed by atoms with Gasteiger partial charge in [-0.1, -0.05) is 22.0 Å². The number of thiazole rings is 1. The Bertz CT molecular complexity index is 606. The van der Waals surface area contributed by atoms with Crippen LogP contribution in [-0.2, 0) is 6.42 Å². The Morgan fingerprint density at radius 2 is 2.31 bits per heavy atom. The standard InChI is InChI=1S/C11H6BrNO2S/c12-6-1-2-7-5(3-6)4-8-9(7)13-10(16-8)11(14)15/h1-3H,4H2,(H,14,15). The zero-order valence-electron chi connectivity index (χ0n) is 8.03. The summed E-state index contributed by atoms with van der Waals surface area (Å²) >= 11 is 4.69. The lowest BCUT2D eigenvalue weighted by molar-refractivity contribution is 0.0696. The van der Waals surface area contributed by atoms with E-state index in [-0.39, 0.29) is 5.01 Å². The highest BCUT2D eigenvalue weighted by Crippen LogP contribution is 2.40. The van der Waals surface area contributed by atoms with Crippen LogP contribution in [0.25, 0.3) is 11.3 Å². The molecule has 3 rings (SSSR count). The molecule has 0 aliphatic heterocycles. The zero-order valence-corrected chi connectivity index (χ0v) is 10.4. The molecule has 0 spiro atoms. The van der Waals surface area contributed by atoms with Gasteiger partial charge in [0.05, 0.1) is 5.69 Å². The van der Waals surface area contributed by atoms with Gasteiger partial charge in [-0.25, -0.2) is 9.78 Å². The second-order valence-corrected chi connectivity index (χ2v) is 5.57. The van der Waals surface area contributed by atoms with Crippen LogP contribution in [0.15, 0.2) is 22.7 Å². The molecular formula is C11H6BrNO2S. The van der Waals surface area contributed by atoms with Gasteiger partial charge in [0.1, 0.15) is 0 Å². The van der Waals surface area contributed by atoms with E-state index in [0.29, 0.717) is 0 Å². The molecule has 0 amide bonds. The molecule has 0 fully saturated rings. The number of carbonyl (C=O) groups is 1. The van der Waals surface area contributed by atoms with Crippen molar-refractivity contribution in [1.29, 1.82) is 0 Å². The van der Waals surface area contributed by atoms with Crippen LogP contribution in [0, 0.1) is 0 Å². The number of rotatable bonds is 1. The van der Waals surface area contributed by atoms with Crippen LogP contribution in [0.5, 0.6) is 0 Å². The van der Waals surface area contributed by atoms with Crippen molar-refractivity contribution in [2.24, 2.45) is 0 Å². The lowest BCUT2D eigenvalue weighted by Gasteiger charge is -1.98. The quantitative estimate of drug-likeness (QED) is 0.750. The van der Waals surface area contributed by atoms with Crippen LogP contribution < -0.4 is 0 Å².